The number of carbonyl (C=O) groups excluding carboxylic acids is 4. The van der Waals surface area contributed by atoms with Crippen LogP contribution >= 0.6 is 11.6 Å². The number of primary amides is 1. The molecule has 0 bridgehead atoms. The molecule has 12 nitrogen and oxygen atoms in total. The van der Waals surface area contributed by atoms with Crippen molar-refractivity contribution < 1.29 is 23.6 Å². The van der Waals surface area contributed by atoms with E-state index in [1.165, 1.54) is 21.7 Å². The van der Waals surface area contributed by atoms with Crippen LogP contribution in [0, 0.1) is 5.82 Å². The van der Waals surface area contributed by atoms with E-state index in [9.17, 15) is 23.6 Å². The molecule has 2 aliphatic carbocycles. The number of aromatic nitrogens is 2. The first kappa shape index (κ1) is 32.2. The molecule has 1 aromatic heterocycles. The zero-order valence-electron chi connectivity index (χ0n) is 25.3. The molecule has 5 amide bonds. The minimum absolute atomic E-state index is 0.0353. The molecule has 5 rings (SSSR count). The van der Waals surface area contributed by atoms with Crippen LogP contribution in [0.25, 0.3) is 10.9 Å². The number of halogens is 2. The third-order valence-corrected chi connectivity index (χ3v) is 8.91. The molecule has 2 aromatic carbocycles. The largest absolute Gasteiger partial charge is 0.364 e. The molecule has 0 unspecified atom stereocenters. The van der Waals surface area contributed by atoms with Crippen molar-refractivity contribution in [2.45, 2.75) is 69.7 Å². The van der Waals surface area contributed by atoms with Gasteiger partial charge in [-0.3, -0.25) is 19.1 Å². The molecule has 2 fully saturated rings. The SMILES string of the molecule is CNC1CCC(N(C)C(=O)Nc2ccc3c(c2)c(C(N)=O)nn3CC(=O)N(CC(=O)NCc2cccc(Cl)c2F)C2CC2)CC1. The predicted octanol–water partition coefficient (Wildman–Crippen LogP) is 3.23. The molecule has 0 spiro atoms. The smallest absolute Gasteiger partial charge is 0.321 e. The Morgan fingerprint density at radius 3 is 2.44 bits per heavy atom. The van der Waals surface area contributed by atoms with Crippen LogP contribution < -0.4 is 21.7 Å². The number of nitrogens with zero attached hydrogens (tertiary/aromatic N) is 4. The molecule has 0 aliphatic heterocycles. The van der Waals surface area contributed by atoms with Crippen molar-refractivity contribution in [2.24, 2.45) is 5.73 Å². The van der Waals surface area contributed by atoms with Gasteiger partial charge in [0.15, 0.2) is 5.69 Å². The van der Waals surface area contributed by atoms with E-state index < -0.39 is 17.6 Å². The number of rotatable bonds is 11. The Morgan fingerprint density at radius 1 is 1.07 bits per heavy atom. The van der Waals surface area contributed by atoms with Crippen LogP contribution in [0.15, 0.2) is 36.4 Å². The highest BCUT2D eigenvalue weighted by Gasteiger charge is 2.34. The summed E-state index contributed by atoms with van der Waals surface area (Å²) in [6.07, 6.45) is 5.31. The lowest BCUT2D eigenvalue weighted by Crippen LogP contribution is -2.44. The third-order valence-electron chi connectivity index (χ3n) is 8.62. The fraction of sp³-hybridized carbons (Fsp3) is 0.452. The summed E-state index contributed by atoms with van der Waals surface area (Å²) in [5.74, 6) is -2.20. The van der Waals surface area contributed by atoms with Crippen LogP contribution in [0.5, 0.6) is 0 Å². The minimum Gasteiger partial charge on any atom is -0.364 e. The number of hydrogen-bond donors (Lipinski definition) is 4. The van der Waals surface area contributed by atoms with Gasteiger partial charge in [-0.05, 0) is 69.8 Å². The Bertz CT molecular complexity index is 1600. The van der Waals surface area contributed by atoms with E-state index in [1.54, 1.807) is 36.2 Å². The van der Waals surface area contributed by atoms with E-state index in [-0.39, 0.29) is 59.9 Å². The Hall–Kier alpha value is -4.23. The molecule has 5 N–H and O–H groups in total. The summed E-state index contributed by atoms with van der Waals surface area (Å²) in [5, 5.41) is 13.5. The summed E-state index contributed by atoms with van der Waals surface area (Å²) in [5.41, 5.74) is 6.77. The fourth-order valence-electron chi connectivity index (χ4n) is 5.80. The third kappa shape index (κ3) is 7.54. The number of amides is 5. The average molecular weight is 641 g/mol. The molecule has 14 heteroatoms. The summed E-state index contributed by atoms with van der Waals surface area (Å²) in [7, 11) is 3.73. The standard InChI is InChI=1S/C31H38ClFN8O4/c1-35-19-6-9-21(10-7-19)39(2)31(45)37-20-8-13-25-23(14-20)29(30(34)44)38-41(25)17-27(43)40(22-11-12-22)16-26(42)36-15-18-4-3-5-24(32)28(18)33/h3-5,8,13-14,19,21-22,35H,6-7,9-12,15-17H2,1-2H3,(H2,34,44)(H,36,42)(H,37,45). The molecule has 0 radical (unpaired) electrons. The van der Waals surface area contributed by atoms with Gasteiger partial charge in [0, 0.05) is 48.4 Å². The first-order valence-electron chi connectivity index (χ1n) is 15.1. The maximum atomic E-state index is 14.2. The van der Waals surface area contributed by atoms with Crippen LogP contribution in [0.1, 0.15) is 54.6 Å². The first-order chi connectivity index (χ1) is 21.5. The molecule has 0 saturated heterocycles. The second-order valence-electron chi connectivity index (χ2n) is 11.7. The van der Waals surface area contributed by atoms with E-state index >= 15 is 0 Å². The zero-order valence-corrected chi connectivity index (χ0v) is 26.1. The summed E-state index contributed by atoms with van der Waals surface area (Å²) in [6, 6.07) is 9.74. The van der Waals surface area contributed by atoms with Crippen molar-refractivity contribution in [3.8, 4) is 0 Å². The lowest BCUT2D eigenvalue weighted by Gasteiger charge is -2.34. The monoisotopic (exact) mass is 640 g/mol. The van der Waals surface area contributed by atoms with Crippen molar-refractivity contribution in [3.05, 3.63) is 58.5 Å². The number of carbonyl (C=O) groups is 4. The van der Waals surface area contributed by atoms with Gasteiger partial charge in [-0.25, -0.2) is 9.18 Å². The van der Waals surface area contributed by atoms with Crippen molar-refractivity contribution in [2.75, 3.05) is 26.0 Å². The number of fused-ring (bicyclic) bond motifs is 1. The Balaban J connectivity index is 1.26. The topological polar surface area (TPSA) is 155 Å². The summed E-state index contributed by atoms with van der Waals surface area (Å²) < 4.78 is 15.6. The molecular weight excluding hydrogens is 603 g/mol. The van der Waals surface area contributed by atoms with Gasteiger partial charge in [0.1, 0.15) is 12.4 Å². The second-order valence-corrected chi connectivity index (χ2v) is 12.1. The van der Waals surface area contributed by atoms with Gasteiger partial charge in [0.2, 0.25) is 11.8 Å². The summed E-state index contributed by atoms with van der Waals surface area (Å²) >= 11 is 5.83. The van der Waals surface area contributed by atoms with Gasteiger partial charge in [-0.1, -0.05) is 23.7 Å². The van der Waals surface area contributed by atoms with Gasteiger partial charge >= 0.3 is 6.03 Å². The second kappa shape index (κ2) is 13.8. The van der Waals surface area contributed by atoms with Crippen LogP contribution in [0.2, 0.25) is 5.02 Å². The number of benzene rings is 2. The maximum Gasteiger partial charge on any atom is 0.321 e. The highest BCUT2D eigenvalue weighted by molar-refractivity contribution is 6.30. The van der Waals surface area contributed by atoms with E-state index in [1.807, 2.05) is 7.05 Å². The molecule has 3 aromatic rings. The molecule has 0 atom stereocenters. The lowest BCUT2D eigenvalue weighted by atomic mass is 9.90. The van der Waals surface area contributed by atoms with E-state index in [2.05, 4.69) is 21.0 Å². The molecule has 2 aliphatic rings. The minimum atomic E-state index is -0.778. The molecular formula is C31H38ClFN8O4. The average Bonchev–Trinajstić information content (AvgIpc) is 3.81. The lowest BCUT2D eigenvalue weighted by molar-refractivity contribution is -0.137. The van der Waals surface area contributed by atoms with E-state index in [0.717, 1.165) is 38.5 Å². The van der Waals surface area contributed by atoms with Crippen LogP contribution in [0.4, 0.5) is 14.9 Å². The maximum absolute atomic E-state index is 14.2. The van der Waals surface area contributed by atoms with Crippen LogP contribution in [0.3, 0.4) is 0 Å². The van der Waals surface area contributed by atoms with Crippen molar-refractivity contribution in [1.29, 1.82) is 0 Å². The van der Waals surface area contributed by atoms with Crippen molar-refractivity contribution >= 4 is 51.9 Å². The summed E-state index contributed by atoms with van der Waals surface area (Å²) in [6.45, 7) is -0.524. The Kier molecular flexibility index (Phi) is 9.88. The van der Waals surface area contributed by atoms with Crippen molar-refractivity contribution in [1.82, 2.24) is 30.2 Å². The van der Waals surface area contributed by atoms with Gasteiger partial charge in [-0.15, -0.1) is 0 Å². The number of urea groups is 1. The zero-order chi connectivity index (χ0) is 32.2. The Morgan fingerprint density at radius 2 is 1.78 bits per heavy atom. The fourth-order valence-corrected chi connectivity index (χ4v) is 6.00. The van der Waals surface area contributed by atoms with Gasteiger partial charge < -0.3 is 31.5 Å². The molecule has 2 saturated carbocycles. The normalized spacial score (nSPS) is 18.0. The van der Waals surface area contributed by atoms with Crippen molar-refractivity contribution in [3.63, 3.8) is 0 Å². The summed E-state index contributed by atoms with van der Waals surface area (Å²) in [4.78, 5) is 54.7. The quantitative estimate of drug-likeness (QED) is 0.252. The first-order valence-corrected chi connectivity index (χ1v) is 15.4. The number of nitrogens with two attached hydrogens (primary N) is 1. The highest BCUT2D eigenvalue weighted by atomic mass is 35.5. The highest BCUT2D eigenvalue weighted by Crippen LogP contribution is 2.29. The van der Waals surface area contributed by atoms with Crippen LogP contribution in [-0.4, -0.2) is 82.1 Å². The van der Waals surface area contributed by atoms with Gasteiger partial charge in [-0.2, -0.15) is 5.10 Å². The number of nitrogens with one attached hydrogen (secondary N) is 3. The molecule has 1 heterocycles. The van der Waals surface area contributed by atoms with Gasteiger partial charge in [0.05, 0.1) is 17.1 Å². The predicted molar refractivity (Wildman–Crippen MR) is 168 cm³/mol. The Labute approximate surface area is 265 Å². The molecule has 45 heavy (non-hydrogen) atoms. The molecule has 240 valence electrons. The van der Waals surface area contributed by atoms with Crippen LogP contribution in [-0.2, 0) is 22.7 Å². The number of hydrogen-bond acceptors (Lipinski definition) is 6. The number of anilines is 1. The van der Waals surface area contributed by atoms with E-state index in [4.69, 9.17) is 17.3 Å². The van der Waals surface area contributed by atoms with Gasteiger partial charge in [0.25, 0.3) is 5.91 Å². The van der Waals surface area contributed by atoms with E-state index in [0.29, 0.717) is 22.6 Å².